The first-order chi connectivity index (χ1) is 8.11. The normalized spacial score (nSPS) is 48.8. The Labute approximate surface area is 131 Å². The van der Waals surface area contributed by atoms with Crippen LogP contribution in [-0.4, -0.2) is 26.0 Å². The fourth-order valence-electron chi connectivity index (χ4n) is 2.81. The molecule has 2 unspecified atom stereocenters. The smallest absolute Gasteiger partial charge is 0.319 e. The van der Waals surface area contributed by atoms with Gasteiger partial charge in [0.1, 0.15) is 21.6 Å². The third-order valence-corrected chi connectivity index (χ3v) is 7.90. The summed E-state index contributed by atoms with van der Waals surface area (Å²) in [5.41, 5.74) is 0. The van der Waals surface area contributed by atoms with Crippen molar-refractivity contribution in [1.82, 2.24) is 0 Å². The number of rotatable bonds is 0. The summed E-state index contributed by atoms with van der Waals surface area (Å²) < 4.78 is 2.63. The summed E-state index contributed by atoms with van der Waals surface area (Å²) in [4.78, 5) is 19.9. The number of carbonyl (C=O) groups excluding carboxylic acids is 2. The number of carbonyl (C=O) groups is 2. The molecule has 1 heterocycles. The van der Waals surface area contributed by atoms with Gasteiger partial charge in [0.2, 0.25) is 0 Å². The Morgan fingerprint density at radius 3 is 1.50 bits per heavy atom. The van der Waals surface area contributed by atoms with Crippen molar-refractivity contribution >= 4 is 81.5 Å². The van der Waals surface area contributed by atoms with Crippen molar-refractivity contribution in [3.8, 4) is 0 Å². The largest absolute Gasteiger partial charge is 0.393 e. The van der Waals surface area contributed by atoms with Crippen molar-refractivity contribution in [3.05, 3.63) is 10.1 Å². The highest BCUT2D eigenvalue weighted by molar-refractivity contribution is 6.66. The second-order valence-corrected chi connectivity index (χ2v) is 7.60. The van der Waals surface area contributed by atoms with Gasteiger partial charge in [-0.15, -0.1) is 23.2 Å². The summed E-state index contributed by atoms with van der Waals surface area (Å²) in [5, 5.41) is -0.252. The van der Waals surface area contributed by atoms with Gasteiger partial charge in [-0.3, -0.25) is 9.59 Å². The molecule has 3 aliphatic rings. The predicted octanol–water partition coefficient (Wildman–Crippen LogP) is 3.15. The van der Waals surface area contributed by atoms with Crippen LogP contribution in [0.25, 0.3) is 0 Å². The fourth-order valence-corrected chi connectivity index (χ4v) is 5.73. The number of fused-ring (bicyclic) bond motifs is 5. The summed E-state index contributed by atoms with van der Waals surface area (Å²) >= 11 is 36.9. The summed E-state index contributed by atoms with van der Waals surface area (Å²) in [6, 6.07) is 0. The molecule has 0 aromatic heterocycles. The molecular formula is C9H2Cl6O3. The van der Waals surface area contributed by atoms with Gasteiger partial charge in [-0.25, -0.2) is 0 Å². The molecule has 18 heavy (non-hydrogen) atoms. The Kier molecular flexibility index (Phi) is 2.60. The highest BCUT2D eigenvalue weighted by atomic mass is 35.5. The van der Waals surface area contributed by atoms with Crippen molar-refractivity contribution < 1.29 is 14.3 Å². The maximum atomic E-state index is 11.7. The fraction of sp³-hybridized carbons (Fsp3) is 0.556. The molecule has 0 spiro atoms. The number of allylic oxidation sites excluding steroid dienone is 2. The highest BCUT2D eigenvalue weighted by Gasteiger charge is 2.87. The van der Waals surface area contributed by atoms with Gasteiger partial charge < -0.3 is 4.74 Å². The van der Waals surface area contributed by atoms with Crippen molar-refractivity contribution in [3.63, 3.8) is 0 Å². The quantitative estimate of drug-likeness (QED) is 0.374. The number of hydrogen-bond donors (Lipinski definition) is 0. The van der Waals surface area contributed by atoms with Crippen LogP contribution in [0.5, 0.6) is 0 Å². The van der Waals surface area contributed by atoms with E-state index in [4.69, 9.17) is 69.6 Å². The van der Waals surface area contributed by atoms with E-state index in [9.17, 15) is 9.59 Å². The molecule has 1 saturated carbocycles. The first kappa shape index (κ1) is 13.6. The Morgan fingerprint density at radius 2 is 1.17 bits per heavy atom. The molecule has 4 atom stereocenters. The lowest BCUT2D eigenvalue weighted by atomic mass is 9.84. The van der Waals surface area contributed by atoms with Crippen LogP contribution < -0.4 is 0 Å². The zero-order valence-corrected chi connectivity index (χ0v) is 12.7. The van der Waals surface area contributed by atoms with Crippen LogP contribution in [0, 0.1) is 11.8 Å². The van der Waals surface area contributed by atoms with Gasteiger partial charge in [-0.05, 0) is 0 Å². The lowest BCUT2D eigenvalue weighted by Crippen LogP contribution is -2.47. The third-order valence-electron chi connectivity index (χ3n) is 3.64. The number of cyclic esters (lactones) is 2. The molecule has 3 rings (SSSR count). The van der Waals surface area contributed by atoms with E-state index in [0.29, 0.717) is 0 Å². The molecule has 1 aliphatic heterocycles. The molecule has 1 saturated heterocycles. The van der Waals surface area contributed by atoms with Gasteiger partial charge in [0.15, 0.2) is 4.33 Å². The number of ether oxygens (including phenoxy) is 1. The molecule has 0 aromatic carbocycles. The summed E-state index contributed by atoms with van der Waals surface area (Å²) in [7, 11) is 0. The van der Waals surface area contributed by atoms with Crippen LogP contribution >= 0.6 is 69.6 Å². The van der Waals surface area contributed by atoms with Gasteiger partial charge in [0.05, 0.1) is 10.1 Å². The van der Waals surface area contributed by atoms with Crippen LogP contribution in [0.4, 0.5) is 0 Å². The zero-order chi connectivity index (χ0) is 13.7. The second-order valence-electron chi connectivity index (χ2n) is 4.32. The predicted molar refractivity (Wildman–Crippen MR) is 68.4 cm³/mol. The summed E-state index contributed by atoms with van der Waals surface area (Å²) in [6.45, 7) is 0. The molecule has 2 bridgehead atoms. The molecular weight excluding hydrogens is 369 g/mol. The molecule has 0 amide bonds. The molecule has 0 radical (unpaired) electrons. The Morgan fingerprint density at radius 1 is 0.833 bits per heavy atom. The van der Waals surface area contributed by atoms with Crippen molar-refractivity contribution in [2.75, 3.05) is 0 Å². The Bertz CT molecular complexity index is 498. The van der Waals surface area contributed by atoms with Gasteiger partial charge in [-0.1, -0.05) is 46.4 Å². The first-order valence-corrected chi connectivity index (χ1v) is 6.96. The maximum absolute atomic E-state index is 11.7. The zero-order valence-electron chi connectivity index (χ0n) is 8.15. The van der Waals surface area contributed by atoms with E-state index in [1.165, 1.54) is 0 Å². The minimum Gasteiger partial charge on any atom is -0.393 e. The third kappa shape index (κ3) is 1.03. The first-order valence-electron chi connectivity index (χ1n) is 4.69. The summed E-state index contributed by atoms with van der Waals surface area (Å²) in [6.07, 6.45) is 0. The molecule has 0 N–H and O–H groups in total. The topological polar surface area (TPSA) is 43.4 Å². The van der Waals surface area contributed by atoms with E-state index in [1.54, 1.807) is 0 Å². The van der Waals surface area contributed by atoms with E-state index in [-0.39, 0.29) is 10.1 Å². The number of halogens is 6. The minimum absolute atomic E-state index is 0.126. The van der Waals surface area contributed by atoms with Crippen LogP contribution in [0.3, 0.4) is 0 Å². The minimum atomic E-state index is -1.89. The van der Waals surface area contributed by atoms with Crippen molar-refractivity contribution in [2.24, 2.45) is 11.8 Å². The second kappa shape index (κ2) is 3.44. The molecule has 2 aliphatic carbocycles. The SMILES string of the molecule is O=C1OC(=O)C2C1[C@]1(Cl)C(Cl)=C(Cl)[C@@]2(Cl)C1(Cl)Cl. The van der Waals surface area contributed by atoms with E-state index in [1.807, 2.05) is 0 Å². The Balaban J connectivity index is 2.37. The Hall–Kier alpha value is 0.620. The molecule has 0 aromatic rings. The number of alkyl halides is 4. The van der Waals surface area contributed by atoms with Gasteiger partial charge in [0.25, 0.3) is 0 Å². The number of esters is 2. The monoisotopic (exact) mass is 368 g/mol. The summed E-state index contributed by atoms with van der Waals surface area (Å²) in [5.74, 6) is -3.99. The van der Waals surface area contributed by atoms with E-state index in [0.717, 1.165) is 0 Å². The van der Waals surface area contributed by atoms with Gasteiger partial charge in [0, 0.05) is 0 Å². The van der Waals surface area contributed by atoms with Crippen molar-refractivity contribution in [2.45, 2.75) is 14.1 Å². The van der Waals surface area contributed by atoms with E-state index >= 15 is 0 Å². The van der Waals surface area contributed by atoms with Crippen LogP contribution in [0.15, 0.2) is 10.1 Å². The average molecular weight is 371 g/mol. The lowest BCUT2D eigenvalue weighted by molar-refractivity contribution is -0.154. The molecule has 98 valence electrons. The van der Waals surface area contributed by atoms with Gasteiger partial charge in [-0.2, -0.15) is 0 Å². The number of hydrogen-bond acceptors (Lipinski definition) is 3. The van der Waals surface area contributed by atoms with Gasteiger partial charge >= 0.3 is 11.9 Å². The van der Waals surface area contributed by atoms with Crippen LogP contribution in [0.2, 0.25) is 0 Å². The van der Waals surface area contributed by atoms with Crippen LogP contribution in [0.1, 0.15) is 0 Å². The van der Waals surface area contributed by atoms with Crippen molar-refractivity contribution in [1.29, 1.82) is 0 Å². The lowest BCUT2D eigenvalue weighted by Gasteiger charge is -2.32. The molecule has 3 nitrogen and oxygen atoms in total. The maximum Gasteiger partial charge on any atom is 0.319 e. The highest BCUT2D eigenvalue weighted by Crippen LogP contribution is 2.77. The average Bonchev–Trinajstić information content (AvgIpc) is 2.68. The van der Waals surface area contributed by atoms with E-state index in [2.05, 4.69) is 4.74 Å². The molecule has 9 heteroatoms. The standard InChI is InChI=1S/C9H2Cl6O3/c10-3-4(11)8(13)2-1(5(16)18-6(2)17)7(3,12)9(8,14)15/h1-2H/t1?,2?,7-,8+. The van der Waals surface area contributed by atoms with E-state index < -0.39 is 37.9 Å². The molecule has 2 fully saturated rings. The van der Waals surface area contributed by atoms with Crippen LogP contribution in [-0.2, 0) is 14.3 Å².